The zero-order valence-corrected chi connectivity index (χ0v) is 8.51. The van der Waals surface area contributed by atoms with Crippen LogP contribution in [0.1, 0.15) is 12.0 Å². The minimum atomic E-state index is -0.565. The van der Waals surface area contributed by atoms with Crippen molar-refractivity contribution in [3.8, 4) is 6.07 Å². The van der Waals surface area contributed by atoms with Gasteiger partial charge in [0, 0.05) is 18.8 Å². The number of nitro groups is 1. The predicted molar refractivity (Wildman–Crippen MR) is 58.9 cm³/mol. The van der Waals surface area contributed by atoms with Gasteiger partial charge >= 0.3 is 5.69 Å². The molecule has 1 aromatic heterocycles. The summed E-state index contributed by atoms with van der Waals surface area (Å²) in [6, 6.07) is 3.00. The normalized spacial score (nSPS) is 9.19. The third-order valence-electron chi connectivity index (χ3n) is 1.83. The fourth-order valence-electron chi connectivity index (χ4n) is 1.08. The van der Waals surface area contributed by atoms with Gasteiger partial charge in [-0.05, 0) is 6.42 Å². The first-order chi connectivity index (χ1) is 7.69. The van der Waals surface area contributed by atoms with Gasteiger partial charge in [-0.15, -0.1) is 6.58 Å². The molecule has 6 heteroatoms. The Morgan fingerprint density at radius 1 is 1.75 bits per heavy atom. The van der Waals surface area contributed by atoms with E-state index in [9.17, 15) is 10.1 Å². The Hall–Kier alpha value is -2.42. The number of pyridine rings is 1. The molecule has 0 bridgehead atoms. The van der Waals surface area contributed by atoms with Crippen LogP contribution in [0.25, 0.3) is 0 Å². The lowest BCUT2D eigenvalue weighted by Gasteiger charge is -2.04. The second-order valence-corrected chi connectivity index (χ2v) is 2.96. The van der Waals surface area contributed by atoms with Crippen molar-refractivity contribution in [2.75, 3.05) is 11.9 Å². The molecule has 0 unspecified atom stereocenters. The SMILES string of the molecule is C=CCCNc1ncc(C#N)cc1[N+](=O)[O-]. The van der Waals surface area contributed by atoms with E-state index in [0.717, 1.165) is 0 Å². The number of hydrogen-bond acceptors (Lipinski definition) is 5. The minimum Gasteiger partial charge on any atom is -0.364 e. The first-order valence-corrected chi connectivity index (χ1v) is 4.58. The van der Waals surface area contributed by atoms with Gasteiger partial charge < -0.3 is 5.32 Å². The highest BCUT2D eigenvalue weighted by Gasteiger charge is 2.15. The molecular formula is C10H10N4O2. The van der Waals surface area contributed by atoms with Crippen LogP contribution in [-0.2, 0) is 0 Å². The van der Waals surface area contributed by atoms with E-state index in [2.05, 4.69) is 16.9 Å². The Balaban J connectivity index is 2.95. The lowest BCUT2D eigenvalue weighted by atomic mass is 10.2. The zero-order valence-electron chi connectivity index (χ0n) is 8.51. The van der Waals surface area contributed by atoms with Crippen molar-refractivity contribution >= 4 is 11.5 Å². The van der Waals surface area contributed by atoms with E-state index >= 15 is 0 Å². The molecule has 0 aromatic carbocycles. The summed E-state index contributed by atoms with van der Waals surface area (Å²) in [5.74, 6) is 0.172. The number of aromatic nitrogens is 1. The molecule has 0 aliphatic carbocycles. The molecule has 1 heterocycles. The van der Waals surface area contributed by atoms with E-state index in [-0.39, 0.29) is 17.1 Å². The van der Waals surface area contributed by atoms with Crippen molar-refractivity contribution < 1.29 is 4.92 Å². The van der Waals surface area contributed by atoms with Crippen molar-refractivity contribution in [2.45, 2.75) is 6.42 Å². The fraction of sp³-hybridized carbons (Fsp3) is 0.200. The third kappa shape index (κ3) is 2.78. The smallest absolute Gasteiger partial charge is 0.312 e. The van der Waals surface area contributed by atoms with Gasteiger partial charge in [-0.25, -0.2) is 4.98 Å². The van der Waals surface area contributed by atoms with Gasteiger partial charge in [0.2, 0.25) is 5.82 Å². The third-order valence-corrected chi connectivity index (χ3v) is 1.83. The van der Waals surface area contributed by atoms with E-state index in [1.54, 1.807) is 12.1 Å². The number of nitriles is 1. The second kappa shape index (κ2) is 5.46. The van der Waals surface area contributed by atoms with Crippen molar-refractivity contribution in [3.63, 3.8) is 0 Å². The molecule has 0 fully saturated rings. The minimum absolute atomic E-state index is 0.168. The first-order valence-electron chi connectivity index (χ1n) is 4.58. The highest BCUT2D eigenvalue weighted by molar-refractivity contribution is 5.58. The van der Waals surface area contributed by atoms with Gasteiger partial charge in [0.15, 0.2) is 0 Å². The van der Waals surface area contributed by atoms with E-state index in [1.807, 2.05) is 0 Å². The maximum atomic E-state index is 10.7. The number of rotatable bonds is 5. The average molecular weight is 218 g/mol. The molecule has 0 saturated heterocycles. The Kier molecular flexibility index (Phi) is 3.98. The Morgan fingerprint density at radius 3 is 3.06 bits per heavy atom. The van der Waals surface area contributed by atoms with Gasteiger partial charge in [-0.3, -0.25) is 10.1 Å². The van der Waals surface area contributed by atoms with Gasteiger partial charge in [0.25, 0.3) is 0 Å². The largest absolute Gasteiger partial charge is 0.364 e. The highest BCUT2D eigenvalue weighted by Crippen LogP contribution is 2.22. The van der Waals surface area contributed by atoms with Gasteiger partial charge in [0.05, 0.1) is 10.5 Å². The lowest BCUT2D eigenvalue weighted by molar-refractivity contribution is -0.384. The quantitative estimate of drug-likeness (QED) is 0.352. The fourth-order valence-corrected chi connectivity index (χ4v) is 1.08. The molecule has 1 aromatic rings. The van der Waals surface area contributed by atoms with Crippen LogP contribution in [0.4, 0.5) is 11.5 Å². The van der Waals surface area contributed by atoms with Crippen LogP contribution in [0.3, 0.4) is 0 Å². The molecule has 0 amide bonds. The highest BCUT2D eigenvalue weighted by atomic mass is 16.6. The topological polar surface area (TPSA) is 91.8 Å². The van der Waals surface area contributed by atoms with Crippen LogP contribution in [0.2, 0.25) is 0 Å². The van der Waals surface area contributed by atoms with Crippen LogP contribution in [-0.4, -0.2) is 16.5 Å². The Labute approximate surface area is 92.4 Å². The lowest BCUT2D eigenvalue weighted by Crippen LogP contribution is -2.05. The van der Waals surface area contributed by atoms with Crippen molar-refractivity contribution in [3.05, 3.63) is 40.6 Å². The summed E-state index contributed by atoms with van der Waals surface area (Å²) >= 11 is 0. The number of nitrogens with one attached hydrogen (secondary N) is 1. The maximum absolute atomic E-state index is 10.7. The molecule has 0 aliphatic heterocycles. The summed E-state index contributed by atoms with van der Waals surface area (Å²) in [5.41, 5.74) is -0.0240. The van der Waals surface area contributed by atoms with Gasteiger partial charge in [0.1, 0.15) is 6.07 Å². The molecule has 6 nitrogen and oxygen atoms in total. The summed E-state index contributed by atoms with van der Waals surface area (Å²) in [7, 11) is 0. The van der Waals surface area contributed by atoms with Crippen LogP contribution in [0, 0.1) is 21.4 Å². The van der Waals surface area contributed by atoms with Crippen LogP contribution >= 0.6 is 0 Å². The maximum Gasteiger partial charge on any atom is 0.312 e. The van der Waals surface area contributed by atoms with Crippen molar-refractivity contribution in [2.24, 2.45) is 0 Å². The molecule has 0 radical (unpaired) electrons. The number of hydrogen-bond donors (Lipinski definition) is 1. The summed E-state index contributed by atoms with van der Waals surface area (Å²) < 4.78 is 0. The predicted octanol–water partition coefficient (Wildman–Crippen LogP) is 1.85. The van der Waals surface area contributed by atoms with Crippen molar-refractivity contribution in [1.29, 1.82) is 5.26 Å². The van der Waals surface area contributed by atoms with E-state index in [0.29, 0.717) is 13.0 Å². The van der Waals surface area contributed by atoms with E-state index in [1.165, 1.54) is 12.3 Å². The van der Waals surface area contributed by atoms with Gasteiger partial charge in [-0.2, -0.15) is 5.26 Å². The summed E-state index contributed by atoms with van der Waals surface area (Å²) in [4.78, 5) is 14.0. The number of nitrogens with zero attached hydrogens (tertiary/aromatic N) is 3. The van der Waals surface area contributed by atoms with Gasteiger partial charge in [-0.1, -0.05) is 6.08 Å². The van der Waals surface area contributed by atoms with Crippen LogP contribution in [0.15, 0.2) is 24.9 Å². The standard InChI is InChI=1S/C10H10N4O2/c1-2-3-4-12-10-9(14(15)16)5-8(6-11)7-13-10/h2,5,7H,1,3-4H2,(H,12,13). The summed E-state index contributed by atoms with van der Waals surface area (Å²) in [5, 5.41) is 22.1. The molecule has 82 valence electrons. The Morgan fingerprint density at radius 2 is 2.50 bits per heavy atom. The Bertz CT molecular complexity index is 451. The molecule has 0 spiro atoms. The molecule has 16 heavy (non-hydrogen) atoms. The molecule has 1 rings (SSSR count). The molecule has 1 N–H and O–H groups in total. The van der Waals surface area contributed by atoms with Crippen LogP contribution < -0.4 is 5.32 Å². The molecule has 0 atom stereocenters. The summed E-state index contributed by atoms with van der Waals surface area (Å²) in [6.07, 6.45) is 3.67. The van der Waals surface area contributed by atoms with E-state index < -0.39 is 4.92 Å². The second-order valence-electron chi connectivity index (χ2n) is 2.96. The average Bonchev–Trinajstić information content (AvgIpc) is 2.29. The monoisotopic (exact) mass is 218 g/mol. The first kappa shape index (κ1) is 11.7. The molecule has 0 aliphatic rings. The van der Waals surface area contributed by atoms with Crippen molar-refractivity contribution in [1.82, 2.24) is 4.98 Å². The summed E-state index contributed by atoms with van der Waals surface area (Å²) in [6.45, 7) is 4.06. The van der Waals surface area contributed by atoms with Crippen LogP contribution in [0.5, 0.6) is 0 Å². The van der Waals surface area contributed by atoms with E-state index in [4.69, 9.17) is 5.26 Å². The number of anilines is 1. The zero-order chi connectivity index (χ0) is 12.0. The molecule has 0 saturated carbocycles. The molecular weight excluding hydrogens is 208 g/mol.